The highest BCUT2D eigenvalue weighted by Gasteiger charge is 2.59. The average molecular weight is 375 g/mol. The standard InChI is InChI=1S/C21H17N3O2S/c25-19(17-12-22-13-27-17)24-11-10-21(18(24)14-6-2-1-3-7-14)15-8-4-5-9-16(15)23-20(21)26/h1-9,12-13,18H,10-11H2,(H,23,26)/t18-,21+/m0/s1. The lowest BCUT2D eigenvalue weighted by Crippen LogP contribution is -2.42. The molecule has 2 aromatic carbocycles. The van der Waals surface area contributed by atoms with E-state index < -0.39 is 5.41 Å². The number of nitrogens with one attached hydrogen (secondary N) is 1. The number of carbonyl (C=O) groups excluding carboxylic acids is 2. The summed E-state index contributed by atoms with van der Waals surface area (Å²) in [6, 6.07) is 17.3. The van der Waals surface area contributed by atoms with Gasteiger partial charge in [-0.05, 0) is 23.6 Å². The number of fused-ring (bicyclic) bond motifs is 2. The van der Waals surface area contributed by atoms with Gasteiger partial charge in [-0.25, -0.2) is 0 Å². The van der Waals surface area contributed by atoms with Gasteiger partial charge in [0.05, 0.1) is 17.7 Å². The lowest BCUT2D eigenvalue weighted by molar-refractivity contribution is -0.121. The Kier molecular flexibility index (Phi) is 3.62. The van der Waals surface area contributed by atoms with Crippen LogP contribution in [0.5, 0.6) is 0 Å². The van der Waals surface area contributed by atoms with Gasteiger partial charge in [-0.2, -0.15) is 0 Å². The summed E-state index contributed by atoms with van der Waals surface area (Å²) in [5, 5.41) is 3.04. The zero-order valence-corrected chi connectivity index (χ0v) is 15.3. The highest BCUT2D eigenvalue weighted by molar-refractivity contribution is 7.11. The van der Waals surface area contributed by atoms with Gasteiger partial charge in [-0.1, -0.05) is 48.5 Å². The van der Waals surface area contributed by atoms with E-state index in [-0.39, 0.29) is 17.9 Å². The number of hydrogen-bond acceptors (Lipinski definition) is 4. The minimum Gasteiger partial charge on any atom is -0.329 e. The first-order chi connectivity index (χ1) is 13.2. The molecule has 27 heavy (non-hydrogen) atoms. The van der Waals surface area contributed by atoms with E-state index in [4.69, 9.17) is 0 Å². The van der Waals surface area contributed by atoms with Crippen LogP contribution in [-0.2, 0) is 10.2 Å². The monoisotopic (exact) mass is 375 g/mol. The molecule has 1 spiro atoms. The van der Waals surface area contributed by atoms with E-state index in [1.54, 1.807) is 11.7 Å². The molecule has 1 saturated heterocycles. The SMILES string of the molecule is O=C(c1cncs1)N1CC[C@]2(C(=O)Nc3ccccc32)[C@@H]1c1ccccc1. The van der Waals surface area contributed by atoms with Gasteiger partial charge in [0.1, 0.15) is 10.3 Å². The molecule has 6 heteroatoms. The maximum Gasteiger partial charge on any atom is 0.266 e. The molecule has 1 aromatic heterocycles. The van der Waals surface area contributed by atoms with Gasteiger partial charge in [0.25, 0.3) is 5.91 Å². The molecule has 0 radical (unpaired) electrons. The highest BCUT2D eigenvalue weighted by atomic mass is 32.1. The van der Waals surface area contributed by atoms with Crippen molar-refractivity contribution in [2.75, 3.05) is 11.9 Å². The normalized spacial score (nSPS) is 23.5. The van der Waals surface area contributed by atoms with E-state index in [1.165, 1.54) is 11.3 Å². The Morgan fingerprint density at radius 2 is 1.93 bits per heavy atom. The Hall–Kier alpha value is -2.99. The van der Waals surface area contributed by atoms with E-state index in [0.717, 1.165) is 16.8 Å². The molecule has 1 fully saturated rings. The summed E-state index contributed by atoms with van der Waals surface area (Å²) in [7, 11) is 0. The number of thiazole rings is 1. The van der Waals surface area contributed by atoms with Crippen LogP contribution >= 0.6 is 11.3 Å². The molecule has 3 aromatic rings. The van der Waals surface area contributed by atoms with Crippen molar-refractivity contribution in [3.63, 3.8) is 0 Å². The fourth-order valence-electron chi connectivity index (χ4n) is 4.47. The lowest BCUT2D eigenvalue weighted by Gasteiger charge is -2.34. The van der Waals surface area contributed by atoms with Crippen molar-refractivity contribution in [2.45, 2.75) is 17.9 Å². The molecule has 0 aliphatic carbocycles. The average Bonchev–Trinajstić information content (AvgIpc) is 3.42. The predicted octanol–water partition coefficient (Wildman–Crippen LogP) is 3.62. The molecular formula is C21H17N3O2S. The zero-order valence-electron chi connectivity index (χ0n) is 14.5. The number of carbonyl (C=O) groups is 2. The Bertz CT molecular complexity index is 1020. The van der Waals surface area contributed by atoms with E-state index >= 15 is 0 Å². The van der Waals surface area contributed by atoms with Crippen LogP contribution in [0, 0.1) is 0 Å². The van der Waals surface area contributed by atoms with Gasteiger partial charge < -0.3 is 10.2 Å². The molecule has 5 rings (SSSR count). The molecule has 2 aliphatic rings. The maximum absolute atomic E-state index is 13.2. The van der Waals surface area contributed by atoms with Gasteiger partial charge in [0.2, 0.25) is 5.91 Å². The molecule has 2 atom stereocenters. The molecule has 0 bridgehead atoms. The van der Waals surface area contributed by atoms with Crippen LogP contribution in [0.3, 0.4) is 0 Å². The molecule has 3 heterocycles. The molecule has 0 saturated carbocycles. The Morgan fingerprint density at radius 1 is 1.15 bits per heavy atom. The van der Waals surface area contributed by atoms with Crippen LogP contribution in [0.15, 0.2) is 66.3 Å². The fraction of sp³-hybridized carbons (Fsp3) is 0.190. The number of rotatable bonds is 2. The van der Waals surface area contributed by atoms with E-state index in [2.05, 4.69) is 10.3 Å². The van der Waals surface area contributed by atoms with E-state index in [0.29, 0.717) is 17.8 Å². The predicted molar refractivity (Wildman–Crippen MR) is 104 cm³/mol. The third kappa shape index (κ3) is 2.26. The van der Waals surface area contributed by atoms with Crippen molar-refractivity contribution in [2.24, 2.45) is 0 Å². The zero-order chi connectivity index (χ0) is 18.4. The third-order valence-corrected chi connectivity index (χ3v) is 6.37. The van der Waals surface area contributed by atoms with E-state index in [9.17, 15) is 9.59 Å². The van der Waals surface area contributed by atoms with Crippen molar-refractivity contribution in [1.29, 1.82) is 0 Å². The summed E-state index contributed by atoms with van der Waals surface area (Å²) in [6.07, 6.45) is 2.20. The summed E-state index contributed by atoms with van der Waals surface area (Å²) in [6.45, 7) is 0.526. The van der Waals surface area contributed by atoms with Crippen molar-refractivity contribution < 1.29 is 9.59 Å². The number of benzene rings is 2. The van der Waals surface area contributed by atoms with Crippen LogP contribution in [0.2, 0.25) is 0 Å². The Labute approximate surface area is 160 Å². The summed E-state index contributed by atoms with van der Waals surface area (Å²) >= 11 is 1.33. The molecule has 0 unspecified atom stereocenters. The van der Waals surface area contributed by atoms with Crippen molar-refractivity contribution in [3.05, 3.63) is 82.3 Å². The van der Waals surface area contributed by atoms with Crippen molar-refractivity contribution in [3.8, 4) is 0 Å². The van der Waals surface area contributed by atoms with Crippen LogP contribution in [0.25, 0.3) is 0 Å². The molecule has 134 valence electrons. The summed E-state index contributed by atoms with van der Waals surface area (Å²) in [5.41, 5.74) is 3.69. The number of aromatic nitrogens is 1. The third-order valence-electron chi connectivity index (χ3n) is 5.61. The number of nitrogens with zero attached hydrogens (tertiary/aromatic N) is 2. The summed E-state index contributed by atoms with van der Waals surface area (Å²) in [4.78, 5) is 32.9. The maximum atomic E-state index is 13.2. The first-order valence-electron chi connectivity index (χ1n) is 8.87. The van der Waals surface area contributed by atoms with Crippen LogP contribution < -0.4 is 5.32 Å². The largest absolute Gasteiger partial charge is 0.329 e. The quantitative estimate of drug-likeness (QED) is 0.744. The van der Waals surface area contributed by atoms with Crippen LogP contribution in [0.4, 0.5) is 5.69 Å². The van der Waals surface area contributed by atoms with Gasteiger partial charge >= 0.3 is 0 Å². The highest BCUT2D eigenvalue weighted by Crippen LogP contribution is 2.54. The first-order valence-corrected chi connectivity index (χ1v) is 9.75. The second-order valence-corrected chi connectivity index (χ2v) is 7.78. The van der Waals surface area contributed by atoms with Gasteiger partial charge in [0, 0.05) is 12.2 Å². The minimum atomic E-state index is -0.766. The second-order valence-electron chi connectivity index (χ2n) is 6.90. The number of likely N-dealkylation sites (tertiary alicyclic amines) is 1. The number of para-hydroxylation sites is 1. The second kappa shape index (κ2) is 6.03. The number of hydrogen-bond donors (Lipinski definition) is 1. The minimum absolute atomic E-state index is 0.0304. The lowest BCUT2D eigenvalue weighted by atomic mass is 9.72. The number of anilines is 1. The Morgan fingerprint density at radius 3 is 2.70 bits per heavy atom. The van der Waals surface area contributed by atoms with Gasteiger partial charge in [0.15, 0.2) is 0 Å². The van der Waals surface area contributed by atoms with Crippen LogP contribution in [0.1, 0.15) is 33.3 Å². The topological polar surface area (TPSA) is 62.3 Å². The number of amides is 2. The fourth-order valence-corrected chi connectivity index (χ4v) is 5.04. The van der Waals surface area contributed by atoms with Gasteiger partial charge in [-0.3, -0.25) is 14.6 Å². The summed E-state index contributed by atoms with van der Waals surface area (Å²) in [5.74, 6) is -0.0995. The molecule has 2 amide bonds. The smallest absolute Gasteiger partial charge is 0.266 e. The first kappa shape index (κ1) is 16.2. The van der Waals surface area contributed by atoms with Crippen LogP contribution in [-0.4, -0.2) is 28.2 Å². The van der Waals surface area contributed by atoms with Crippen molar-refractivity contribution >= 4 is 28.8 Å². The molecular weight excluding hydrogens is 358 g/mol. The molecule has 5 nitrogen and oxygen atoms in total. The molecule has 2 aliphatic heterocycles. The van der Waals surface area contributed by atoms with Gasteiger partial charge in [-0.15, -0.1) is 11.3 Å². The Balaban J connectivity index is 1.69. The van der Waals surface area contributed by atoms with E-state index in [1.807, 2.05) is 59.5 Å². The molecule has 1 N–H and O–H groups in total. The summed E-state index contributed by atoms with van der Waals surface area (Å²) < 4.78 is 0. The van der Waals surface area contributed by atoms with Crippen molar-refractivity contribution in [1.82, 2.24) is 9.88 Å².